The van der Waals surface area contributed by atoms with Crippen LogP contribution in [0.3, 0.4) is 0 Å². The molecular formula is C26H40N4O3. The molecule has 3 aliphatic heterocycles. The Hall–Kier alpha value is -2.28. The minimum absolute atomic E-state index is 0. The zero-order valence-electron chi connectivity index (χ0n) is 20.3. The number of urea groups is 1. The topological polar surface area (TPSA) is 65.1 Å². The average molecular weight is 457 g/mol. The van der Waals surface area contributed by atoms with Crippen LogP contribution in [0.4, 0.5) is 9.59 Å². The van der Waals surface area contributed by atoms with E-state index in [2.05, 4.69) is 34.5 Å². The van der Waals surface area contributed by atoms with Gasteiger partial charge >= 0.3 is 12.1 Å². The van der Waals surface area contributed by atoms with E-state index in [0.29, 0.717) is 18.1 Å². The van der Waals surface area contributed by atoms with E-state index in [4.69, 9.17) is 4.74 Å². The van der Waals surface area contributed by atoms with Crippen LogP contribution in [0, 0.1) is 0 Å². The largest absolute Gasteiger partial charge is 0.453 e. The smallest absolute Gasteiger partial charge is 0.409 e. The van der Waals surface area contributed by atoms with E-state index in [1.807, 2.05) is 4.90 Å². The number of amides is 3. The summed E-state index contributed by atoms with van der Waals surface area (Å²) in [5.74, 6) is 0. The van der Waals surface area contributed by atoms with Gasteiger partial charge in [-0.2, -0.15) is 0 Å². The molecule has 3 saturated heterocycles. The summed E-state index contributed by atoms with van der Waals surface area (Å²) in [6.45, 7) is 2.23. The number of piperidine rings is 2. The van der Waals surface area contributed by atoms with Gasteiger partial charge in [-0.1, -0.05) is 24.3 Å². The first-order chi connectivity index (χ1) is 15.9. The average Bonchev–Trinajstić information content (AvgIpc) is 3.10. The SMILES string of the molecule is COC(=O)N1C2CCC1CC(N1CCC3(CC[C@@H](NC(=O)N(C)C)c4ccccc43)CC1)C2.[HH]. The fourth-order valence-corrected chi connectivity index (χ4v) is 7.11. The van der Waals surface area contributed by atoms with E-state index in [9.17, 15) is 9.59 Å². The maximum absolute atomic E-state index is 12.3. The van der Waals surface area contributed by atoms with Crippen molar-refractivity contribution < 1.29 is 15.8 Å². The molecule has 4 aliphatic rings. The third-order valence-corrected chi connectivity index (χ3v) is 8.89. The lowest BCUT2D eigenvalue weighted by molar-refractivity contribution is 0.0289. The van der Waals surface area contributed by atoms with Crippen molar-refractivity contribution in [2.45, 2.75) is 80.9 Å². The summed E-state index contributed by atoms with van der Waals surface area (Å²) in [6, 6.07) is 10.1. The summed E-state index contributed by atoms with van der Waals surface area (Å²) >= 11 is 0. The van der Waals surface area contributed by atoms with Crippen LogP contribution in [0.1, 0.15) is 70.0 Å². The molecule has 1 aromatic carbocycles. The molecule has 0 saturated carbocycles. The summed E-state index contributed by atoms with van der Waals surface area (Å²) in [7, 11) is 5.09. The summed E-state index contributed by atoms with van der Waals surface area (Å²) in [4.78, 5) is 30.9. The van der Waals surface area contributed by atoms with Gasteiger partial charge in [0.05, 0.1) is 13.2 Å². The maximum atomic E-state index is 12.3. The minimum atomic E-state index is -0.145. The van der Waals surface area contributed by atoms with Gasteiger partial charge in [-0.05, 0) is 81.0 Å². The Morgan fingerprint density at radius 1 is 1.03 bits per heavy atom. The molecule has 2 unspecified atom stereocenters. The van der Waals surface area contributed by atoms with Gasteiger partial charge in [0.2, 0.25) is 0 Å². The maximum Gasteiger partial charge on any atom is 0.409 e. The van der Waals surface area contributed by atoms with Gasteiger partial charge in [0.25, 0.3) is 0 Å². The lowest BCUT2D eigenvalue weighted by Gasteiger charge is -2.50. The second-order valence-electron chi connectivity index (χ2n) is 10.7. The molecule has 7 heteroatoms. The number of nitrogens with one attached hydrogen (secondary N) is 1. The normalized spacial score (nSPS) is 30.6. The zero-order valence-corrected chi connectivity index (χ0v) is 20.3. The van der Waals surface area contributed by atoms with E-state index in [-0.39, 0.29) is 25.0 Å². The van der Waals surface area contributed by atoms with E-state index in [1.54, 1.807) is 19.0 Å². The van der Waals surface area contributed by atoms with Gasteiger partial charge in [0, 0.05) is 33.6 Å². The summed E-state index contributed by atoms with van der Waals surface area (Å²) in [5, 5.41) is 3.23. The fraction of sp³-hybridized carbons (Fsp3) is 0.692. The van der Waals surface area contributed by atoms with Crippen molar-refractivity contribution in [2.75, 3.05) is 34.3 Å². The van der Waals surface area contributed by atoms with Crippen LogP contribution in [0.25, 0.3) is 0 Å². The van der Waals surface area contributed by atoms with Crippen LogP contribution in [0.2, 0.25) is 0 Å². The molecule has 3 heterocycles. The summed E-state index contributed by atoms with van der Waals surface area (Å²) in [6.07, 6.45) is 8.70. The van der Waals surface area contributed by atoms with Gasteiger partial charge in [-0.25, -0.2) is 9.59 Å². The standard InChI is InChI=1S/C26H38N4O3.H2/c1-28(2)24(31)27-23-10-11-26(22-7-5-4-6-21(22)23)12-14-29(15-13-26)20-16-18-8-9-19(17-20)30(18)25(32)33-3;/h4-7,18-20,23H,8-17H2,1-3H3,(H,27,31);1H/t18?,19?,20?,23-;/m1./s1. The number of hydrogen-bond acceptors (Lipinski definition) is 4. The molecule has 3 amide bonds. The summed E-state index contributed by atoms with van der Waals surface area (Å²) < 4.78 is 5.05. The Kier molecular flexibility index (Phi) is 6.02. The Morgan fingerprint density at radius 2 is 1.70 bits per heavy atom. The van der Waals surface area contributed by atoms with Crippen molar-refractivity contribution in [3.05, 3.63) is 35.4 Å². The molecule has 182 valence electrons. The van der Waals surface area contributed by atoms with E-state index in [1.165, 1.54) is 31.1 Å². The predicted octanol–water partition coefficient (Wildman–Crippen LogP) is 4.13. The Balaban J connectivity index is 0.00000274. The number of rotatable bonds is 2. The lowest BCUT2D eigenvalue weighted by Crippen LogP contribution is -2.55. The molecule has 1 aliphatic carbocycles. The highest BCUT2D eigenvalue weighted by Gasteiger charge is 2.48. The quantitative estimate of drug-likeness (QED) is 0.727. The third-order valence-electron chi connectivity index (χ3n) is 8.89. The number of likely N-dealkylation sites (tertiary alicyclic amines) is 1. The van der Waals surface area contributed by atoms with Crippen molar-refractivity contribution in [1.29, 1.82) is 0 Å². The molecule has 0 radical (unpaired) electrons. The molecule has 7 nitrogen and oxygen atoms in total. The van der Waals surface area contributed by atoms with Crippen molar-refractivity contribution in [3.8, 4) is 0 Å². The second-order valence-corrected chi connectivity index (χ2v) is 10.7. The van der Waals surface area contributed by atoms with Crippen LogP contribution >= 0.6 is 0 Å². The first kappa shape index (κ1) is 22.5. The zero-order chi connectivity index (χ0) is 23.2. The Bertz CT molecular complexity index is 888. The summed E-state index contributed by atoms with van der Waals surface area (Å²) in [5.41, 5.74) is 2.97. The van der Waals surface area contributed by atoms with Crippen LogP contribution in [0.5, 0.6) is 0 Å². The predicted molar refractivity (Wildman–Crippen MR) is 129 cm³/mol. The number of carbonyl (C=O) groups excluding carboxylic acids is 2. The van der Waals surface area contributed by atoms with Gasteiger partial charge in [-0.3, -0.25) is 0 Å². The molecule has 5 rings (SSSR count). The molecular weight excluding hydrogens is 416 g/mol. The van der Waals surface area contributed by atoms with Crippen LogP contribution in [-0.4, -0.2) is 79.2 Å². The number of benzene rings is 1. The molecule has 1 aromatic rings. The molecule has 3 fully saturated rings. The second kappa shape index (κ2) is 8.82. The number of nitrogens with zero attached hydrogens (tertiary/aromatic N) is 3. The van der Waals surface area contributed by atoms with Gasteiger partial charge < -0.3 is 24.8 Å². The Labute approximate surface area is 198 Å². The van der Waals surface area contributed by atoms with Gasteiger partial charge in [0.15, 0.2) is 0 Å². The third kappa shape index (κ3) is 3.98. The van der Waals surface area contributed by atoms with Gasteiger partial charge in [-0.15, -0.1) is 0 Å². The molecule has 1 N–H and O–H groups in total. The van der Waals surface area contributed by atoms with E-state index in [0.717, 1.165) is 51.6 Å². The Morgan fingerprint density at radius 3 is 2.33 bits per heavy atom. The lowest BCUT2D eigenvalue weighted by atomic mass is 9.63. The molecule has 33 heavy (non-hydrogen) atoms. The van der Waals surface area contributed by atoms with Crippen LogP contribution in [-0.2, 0) is 10.2 Å². The number of ether oxygens (including phenoxy) is 1. The van der Waals surface area contributed by atoms with Crippen LogP contribution in [0.15, 0.2) is 24.3 Å². The number of fused-ring (bicyclic) bond motifs is 4. The number of methoxy groups -OCH3 is 1. The van der Waals surface area contributed by atoms with E-state index >= 15 is 0 Å². The number of carbonyl (C=O) groups is 2. The minimum Gasteiger partial charge on any atom is -0.453 e. The fourth-order valence-electron chi connectivity index (χ4n) is 7.11. The van der Waals surface area contributed by atoms with Crippen molar-refractivity contribution in [3.63, 3.8) is 0 Å². The van der Waals surface area contributed by atoms with Crippen molar-refractivity contribution >= 4 is 12.1 Å². The van der Waals surface area contributed by atoms with Crippen molar-refractivity contribution in [1.82, 2.24) is 20.0 Å². The highest BCUT2D eigenvalue weighted by molar-refractivity contribution is 5.74. The van der Waals surface area contributed by atoms with Crippen molar-refractivity contribution in [2.24, 2.45) is 0 Å². The van der Waals surface area contributed by atoms with Crippen LogP contribution < -0.4 is 5.32 Å². The highest BCUT2D eigenvalue weighted by atomic mass is 16.5. The molecule has 2 bridgehead atoms. The number of hydrogen-bond donors (Lipinski definition) is 1. The molecule has 0 aromatic heterocycles. The highest BCUT2D eigenvalue weighted by Crippen LogP contribution is 2.49. The van der Waals surface area contributed by atoms with E-state index < -0.39 is 0 Å². The molecule has 3 atom stereocenters. The first-order valence-corrected chi connectivity index (χ1v) is 12.6. The van der Waals surface area contributed by atoms with Gasteiger partial charge in [0.1, 0.15) is 0 Å². The monoisotopic (exact) mass is 456 g/mol. The first-order valence-electron chi connectivity index (χ1n) is 12.6. The molecule has 1 spiro atoms.